The molecule has 0 saturated carbocycles. The molecule has 0 radical (unpaired) electrons. The highest BCUT2D eigenvalue weighted by atomic mass is 28.3. The second-order valence-electron chi connectivity index (χ2n) is 7.87. The number of nitro groups is 2. The molecule has 8 nitrogen and oxygen atoms in total. The number of nitrogens with zero attached hydrogens (tertiary/aromatic N) is 2. The van der Waals surface area contributed by atoms with Crippen LogP contribution in [0.25, 0.3) is 0 Å². The molecule has 0 aliphatic heterocycles. The number of hydrogen-bond acceptors (Lipinski definition) is 6. The van der Waals surface area contributed by atoms with E-state index in [4.69, 9.17) is 4.74 Å². The van der Waals surface area contributed by atoms with Crippen LogP contribution in [0.5, 0.6) is 0 Å². The molecule has 1 atom stereocenters. The van der Waals surface area contributed by atoms with E-state index in [2.05, 4.69) is 38.0 Å². The van der Waals surface area contributed by atoms with Crippen LogP contribution in [0.2, 0.25) is 19.6 Å². The van der Waals surface area contributed by atoms with Gasteiger partial charge in [-0.15, -0.1) is 11.5 Å². The number of ether oxygens (including phenoxy) is 1. The molecule has 29 heavy (non-hydrogen) atoms. The zero-order valence-electron chi connectivity index (χ0n) is 17.4. The minimum absolute atomic E-state index is 0.195. The van der Waals surface area contributed by atoms with Crippen LogP contribution in [0.3, 0.4) is 0 Å². The number of non-ortho nitro benzene ring substituents is 2. The van der Waals surface area contributed by atoms with Crippen LogP contribution in [-0.2, 0) is 4.74 Å². The van der Waals surface area contributed by atoms with Gasteiger partial charge in [-0.2, -0.15) is 0 Å². The van der Waals surface area contributed by atoms with Crippen LogP contribution in [-0.4, -0.2) is 30.0 Å². The molecular weight excluding hydrogens is 392 g/mol. The number of carbonyl (C=O) groups excluding carboxylic acids is 1. The standard InChI is InChI=1S/C20H28N2O6Si/c1-5-6-7-10-19(11-8-9-12-29(2,3)4)28-20(23)16-13-17(21(24)25)15-18(14-16)22(26)27/h13-15,19H,5-8,10-11H2,1-4H3/t19-/m0/s1. The van der Waals surface area contributed by atoms with Gasteiger partial charge in [0.05, 0.1) is 21.5 Å². The average molecular weight is 421 g/mol. The van der Waals surface area contributed by atoms with Crippen LogP contribution in [0.15, 0.2) is 18.2 Å². The van der Waals surface area contributed by atoms with Crippen molar-refractivity contribution in [2.45, 2.75) is 71.2 Å². The minimum Gasteiger partial charge on any atom is -0.459 e. The first-order chi connectivity index (χ1) is 13.5. The number of esters is 1. The molecule has 0 spiro atoms. The Bertz CT molecular complexity index is 775. The molecule has 0 aliphatic carbocycles. The van der Waals surface area contributed by atoms with Gasteiger partial charge >= 0.3 is 5.97 Å². The van der Waals surface area contributed by atoms with Gasteiger partial charge < -0.3 is 4.74 Å². The lowest BCUT2D eigenvalue weighted by Crippen LogP contribution is -2.19. The highest BCUT2D eigenvalue weighted by Crippen LogP contribution is 2.24. The molecule has 0 bridgehead atoms. The van der Waals surface area contributed by atoms with Crippen molar-refractivity contribution in [3.63, 3.8) is 0 Å². The van der Waals surface area contributed by atoms with E-state index in [9.17, 15) is 25.0 Å². The van der Waals surface area contributed by atoms with Crippen LogP contribution in [0.4, 0.5) is 11.4 Å². The number of benzene rings is 1. The van der Waals surface area contributed by atoms with Gasteiger partial charge in [0, 0.05) is 18.6 Å². The Kier molecular flexibility index (Phi) is 9.48. The normalized spacial score (nSPS) is 11.9. The fourth-order valence-corrected chi connectivity index (χ4v) is 3.24. The lowest BCUT2D eigenvalue weighted by molar-refractivity contribution is -0.394. The van der Waals surface area contributed by atoms with E-state index in [1.807, 2.05) is 0 Å². The van der Waals surface area contributed by atoms with Gasteiger partial charge in [-0.25, -0.2) is 4.79 Å². The van der Waals surface area contributed by atoms with Crippen LogP contribution in [0.1, 0.15) is 55.8 Å². The van der Waals surface area contributed by atoms with Crippen LogP contribution < -0.4 is 0 Å². The van der Waals surface area contributed by atoms with Gasteiger partial charge in [0.2, 0.25) is 0 Å². The molecule has 0 aliphatic rings. The highest BCUT2D eigenvalue weighted by molar-refractivity contribution is 6.83. The Morgan fingerprint density at radius 1 is 1.07 bits per heavy atom. The third kappa shape index (κ3) is 9.34. The second kappa shape index (κ2) is 11.3. The minimum atomic E-state index is -1.48. The van der Waals surface area contributed by atoms with E-state index < -0.39 is 35.3 Å². The molecule has 0 amide bonds. The van der Waals surface area contributed by atoms with Gasteiger partial charge in [-0.05, 0) is 19.3 Å². The van der Waals surface area contributed by atoms with E-state index in [1.54, 1.807) is 0 Å². The van der Waals surface area contributed by atoms with Gasteiger partial charge in [0.15, 0.2) is 0 Å². The molecule has 0 aromatic heterocycles. The monoisotopic (exact) mass is 420 g/mol. The number of unbranched alkanes of at least 4 members (excludes halogenated alkanes) is 2. The molecule has 0 heterocycles. The van der Waals surface area contributed by atoms with E-state index in [-0.39, 0.29) is 11.7 Å². The maximum absolute atomic E-state index is 12.5. The summed E-state index contributed by atoms with van der Waals surface area (Å²) in [5.41, 5.74) is 2.04. The van der Waals surface area contributed by atoms with Gasteiger partial charge in [-0.3, -0.25) is 20.2 Å². The van der Waals surface area contributed by atoms with Crippen LogP contribution in [0, 0.1) is 31.7 Å². The van der Waals surface area contributed by atoms with Crippen molar-refractivity contribution in [1.82, 2.24) is 0 Å². The Morgan fingerprint density at radius 2 is 1.66 bits per heavy atom. The molecule has 1 rings (SSSR count). The fourth-order valence-electron chi connectivity index (χ4n) is 2.59. The van der Waals surface area contributed by atoms with Crippen molar-refractivity contribution in [2.24, 2.45) is 0 Å². The van der Waals surface area contributed by atoms with Gasteiger partial charge in [0.25, 0.3) is 11.4 Å². The molecule has 0 N–H and O–H groups in total. The van der Waals surface area contributed by atoms with Crippen LogP contribution >= 0.6 is 0 Å². The summed E-state index contributed by atoms with van der Waals surface area (Å²) < 4.78 is 5.54. The van der Waals surface area contributed by atoms with E-state index in [1.165, 1.54) is 0 Å². The van der Waals surface area contributed by atoms with Crippen molar-refractivity contribution in [3.05, 3.63) is 44.0 Å². The summed E-state index contributed by atoms with van der Waals surface area (Å²) in [5.74, 6) is 2.35. The molecule has 158 valence electrons. The third-order valence-corrected chi connectivity index (χ3v) is 4.94. The molecule has 0 saturated heterocycles. The quantitative estimate of drug-likeness (QED) is 0.127. The van der Waals surface area contributed by atoms with E-state index in [0.717, 1.165) is 37.5 Å². The SMILES string of the molecule is CCCCC[C@@H](CCC#C[Si](C)(C)C)OC(=O)c1cc([N+](=O)[O-])cc([N+](=O)[O-])c1. The Morgan fingerprint density at radius 3 is 2.14 bits per heavy atom. The fraction of sp³-hybridized carbons (Fsp3) is 0.550. The maximum Gasteiger partial charge on any atom is 0.338 e. The van der Waals surface area contributed by atoms with E-state index >= 15 is 0 Å². The zero-order chi connectivity index (χ0) is 22.0. The summed E-state index contributed by atoms with van der Waals surface area (Å²) in [6.45, 7) is 8.51. The van der Waals surface area contributed by atoms with Crippen molar-refractivity contribution < 1.29 is 19.4 Å². The number of nitro benzene ring substituents is 2. The summed E-state index contributed by atoms with van der Waals surface area (Å²) in [4.78, 5) is 33.0. The molecule has 0 unspecified atom stereocenters. The molecule has 1 aromatic rings. The molecular formula is C20H28N2O6Si. The van der Waals surface area contributed by atoms with Crippen molar-refractivity contribution in [1.29, 1.82) is 0 Å². The predicted octanol–water partition coefficient (Wildman–Crippen LogP) is 5.27. The Hall–Kier alpha value is -2.73. The average Bonchev–Trinajstić information content (AvgIpc) is 2.63. The largest absolute Gasteiger partial charge is 0.459 e. The van der Waals surface area contributed by atoms with Crippen molar-refractivity contribution in [3.8, 4) is 11.5 Å². The summed E-state index contributed by atoms with van der Waals surface area (Å²) >= 11 is 0. The number of rotatable bonds is 10. The summed E-state index contributed by atoms with van der Waals surface area (Å²) in [6.07, 6.45) is 4.32. The summed E-state index contributed by atoms with van der Waals surface area (Å²) in [6, 6.07) is 2.83. The Labute approximate surface area is 172 Å². The lowest BCUT2D eigenvalue weighted by atomic mass is 10.1. The molecule has 9 heteroatoms. The van der Waals surface area contributed by atoms with Crippen molar-refractivity contribution in [2.75, 3.05) is 0 Å². The Balaban J connectivity index is 2.95. The lowest BCUT2D eigenvalue weighted by Gasteiger charge is -2.17. The summed E-state index contributed by atoms with van der Waals surface area (Å²) in [5, 5.41) is 22.0. The topological polar surface area (TPSA) is 113 Å². The smallest absolute Gasteiger partial charge is 0.338 e. The number of carbonyl (C=O) groups is 1. The van der Waals surface area contributed by atoms with Crippen molar-refractivity contribution >= 4 is 25.4 Å². The van der Waals surface area contributed by atoms with E-state index in [0.29, 0.717) is 19.3 Å². The number of hydrogen-bond donors (Lipinski definition) is 0. The first kappa shape index (κ1) is 24.3. The predicted molar refractivity (Wildman–Crippen MR) is 113 cm³/mol. The summed E-state index contributed by atoms with van der Waals surface area (Å²) in [7, 11) is -1.48. The third-order valence-electron chi connectivity index (χ3n) is 4.02. The molecule has 1 aromatic carbocycles. The first-order valence-electron chi connectivity index (χ1n) is 9.68. The zero-order valence-corrected chi connectivity index (χ0v) is 18.4. The first-order valence-corrected chi connectivity index (χ1v) is 13.2. The molecule has 0 fully saturated rings. The maximum atomic E-state index is 12.5. The van der Waals surface area contributed by atoms with Gasteiger partial charge in [-0.1, -0.05) is 39.4 Å². The van der Waals surface area contributed by atoms with Gasteiger partial charge in [0.1, 0.15) is 14.2 Å². The second-order valence-corrected chi connectivity index (χ2v) is 12.6. The highest BCUT2D eigenvalue weighted by Gasteiger charge is 2.23.